The van der Waals surface area contributed by atoms with Gasteiger partial charge in [0.25, 0.3) is 0 Å². The maximum atomic E-state index is 11.3. The summed E-state index contributed by atoms with van der Waals surface area (Å²) in [5.41, 5.74) is 0. The quantitative estimate of drug-likeness (QED) is 0.425. The average Bonchev–Trinajstić information content (AvgIpc) is 1.82. The topological polar surface area (TPSA) is 91.7 Å². The van der Waals surface area contributed by atoms with Gasteiger partial charge in [0, 0.05) is 0 Å². The number of carboxylic acid groups (broad SMARTS) is 1. The summed E-state index contributed by atoms with van der Waals surface area (Å²) >= 11 is 0. The summed E-state index contributed by atoms with van der Waals surface area (Å²) in [6.45, 7) is 0. The third-order valence-corrected chi connectivity index (χ3v) is 0.559. The molecule has 0 aromatic rings. The van der Waals surface area contributed by atoms with Crippen LogP contribution in [-0.4, -0.2) is 36.4 Å². The van der Waals surface area contributed by atoms with Crippen molar-refractivity contribution in [1.82, 2.24) is 0 Å². The number of carboxylic acids is 1. The predicted octanol–water partition coefficient (Wildman–Crippen LogP) is 0.730. The van der Waals surface area contributed by atoms with E-state index in [0.29, 0.717) is 0 Å². The van der Waals surface area contributed by atoms with Crippen LogP contribution in [0, 0.1) is 0 Å². The van der Waals surface area contributed by atoms with Crippen LogP contribution in [0.3, 0.4) is 0 Å². The lowest BCUT2D eigenvalue weighted by molar-refractivity contribution is -0.187. The fourth-order valence-corrected chi connectivity index (χ4v) is 0.0933. The number of alkyl halides is 4. The minimum atomic E-state index is -5.17. The van der Waals surface area contributed by atoms with E-state index in [9.17, 15) is 26.2 Å². The van der Waals surface area contributed by atoms with Crippen LogP contribution < -0.4 is 0 Å². The van der Waals surface area contributed by atoms with Gasteiger partial charge in [-0.25, -0.2) is 13.6 Å². The maximum absolute atomic E-state index is 11.3. The van der Waals surface area contributed by atoms with Crippen molar-refractivity contribution in [1.29, 1.82) is 0 Å². The Kier molecular flexibility index (Phi) is 5.59. The molecule has 0 saturated carbocycles. The van der Waals surface area contributed by atoms with Gasteiger partial charge in [0.1, 0.15) is 0 Å². The molecule has 0 fully saturated rings. The molecule has 5 nitrogen and oxygen atoms in total. The maximum Gasteiger partial charge on any atom is 0.435 e. The van der Waals surface area contributed by atoms with E-state index in [0.717, 1.165) is 0 Å². The first-order chi connectivity index (χ1) is 5.89. The van der Waals surface area contributed by atoms with Gasteiger partial charge in [-0.05, 0) is 0 Å². The molecule has 0 radical (unpaired) electrons. The number of aliphatic carboxylic acids is 1. The molecular formula is C3H3F5O5S. The second-order valence-electron chi connectivity index (χ2n) is 1.64. The summed E-state index contributed by atoms with van der Waals surface area (Å²) in [5, 5.41) is 7.38. The van der Waals surface area contributed by atoms with E-state index in [1.165, 1.54) is 0 Å². The molecule has 0 unspecified atom stereocenters. The first kappa shape index (κ1) is 15.5. The van der Waals surface area contributed by atoms with Crippen molar-refractivity contribution >= 4 is 16.5 Å². The second kappa shape index (κ2) is 5.05. The number of hydrogen-bond acceptors (Lipinski definition) is 3. The highest BCUT2D eigenvalue weighted by atomic mass is 32.3. The molecular weight excluding hydrogens is 243 g/mol. The Morgan fingerprint density at radius 1 is 1.29 bits per heavy atom. The minimum Gasteiger partial charge on any atom is -0.477 e. The van der Waals surface area contributed by atoms with Crippen LogP contribution in [0.15, 0.2) is 0 Å². The SMILES string of the molecule is O=C(O)C(F)(F)C(F)F.O=S(=O)(O)F. The van der Waals surface area contributed by atoms with E-state index in [2.05, 4.69) is 0 Å². The molecule has 0 amide bonds. The Morgan fingerprint density at radius 3 is 1.50 bits per heavy atom. The monoisotopic (exact) mass is 246 g/mol. The number of halogens is 5. The van der Waals surface area contributed by atoms with E-state index < -0.39 is 28.8 Å². The third-order valence-electron chi connectivity index (χ3n) is 0.559. The lowest BCUT2D eigenvalue weighted by Crippen LogP contribution is -2.35. The largest absolute Gasteiger partial charge is 0.477 e. The van der Waals surface area contributed by atoms with E-state index >= 15 is 0 Å². The van der Waals surface area contributed by atoms with Crippen LogP contribution in [0.1, 0.15) is 0 Å². The van der Waals surface area contributed by atoms with Crippen LogP contribution in [0.5, 0.6) is 0 Å². The zero-order chi connectivity index (χ0) is 12.2. The smallest absolute Gasteiger partial charge is 0.435 e. The molecule has 0 rings (SSSR count). The Hall–Kier alpha value is -0.970. The van der Waals surface area contributed by atoms with Gasteiger partial charge in [0.2, 0.25) is 0 Å². The van der Waals surface area contributed by atoms with Crippen molar-refractivity contribution < 1.29 is 44.3 Å². The van der Waals surface area contributed by atoms with Crippen LogP contribution in [-0.2, 0) is 15.3 Å². The van der Waals surface area contributed by atoms with Crippen LogP contribution >= 0.6 is 0 Å². The minimum absolute atomic E-state index is 2.81. The summed E-state index contributed by atoms with van der Waals surface area (Å²) in [6, 6.07) is 0. The van der Waals surface area contributed by atoms with E-state index in [1.807, 2.05) is 0 Å². The molecule has 0 bridgehead atoms. The molecule has 0 aliphatic carbocycles. The summed E-state index contributed by atoms with van der Waals surface area (Å²) in [5.74, 6) is -7.72. The summed E-state index contributed by atoms with van der Waals surface area (Å²) < 4.78 is 78.6. The van der Waals surface area contributed by atoms with Crippen molar-refractivity contribution in [3.63, 3.8) is 0 Å². The van der Waals surface area contributed by atoms with Crippen LogP contribution in [0.4, 0.5) is 21.4 Å². The van der Waals surface area contributed by atoms with Crippen molar-refractivity contribution in [3.8, 4) is 0 Å². The molecule has 0 aromatic heterocycles. The van der Waals surface area contributed by atoms with Gasteiger partial charge >= 0.3 is 28.8 Å². The number of hydrogen-bond donors (Lipinski definition) is 2. The first-order valence-corrected chi connectivity index (χ1v) is 3.79. The molecule has 14 heavy (non-hydrogen) atoms. The highest BCUT2D eigenvalue weighted by molar-refractivity contribution is 7.80. The van der Waals surface area contributed by atoms with Crippen molar-refractivity contribution in [2.45, 2.75) is 12.3 Å². The summed E-state index contributed by atoms with van der Waals surface area (Å²) in [6.07, 6.45) is -4.14. The second-order valence-corrected chi connectivity index (χ2v) is 2.47. The third kappa shape index (κ3) is 9.12. The van der Waals surface area contributed by atoms with Gasteiger partial charge in [-0.1, -0.05) is 3.89 Å². The molecule has 0 atom stereocenters. The van der Waals surface area contributed by atoms with Gasteiger partial charge in [0.05, 0.1) is 0 Å². The lowest BCUT2D eigenvalue weighted by Gasteiger charge is -2.07. The van der Waals surface area contributed by atoms with Gasteiger partial charge in [0.15, 0.2) is 0 Å². The number of rotatable bonds is 2. The first-order valence-electron chi connectivity index (χ1n) is 2.45. The van der Waals surface area contributed by atoms with Gasteiger partial charge < -0.3 is 5.11 Å². The standard InChI is InChI=1S/C3H2F4O2.FHO3S/c4-1(5)3(6,7)2(8)9;1-5(2,3)4/h1H,(H,8,9);(H,2,3,4). The van der Waals surface area contributed by atoms with Gasteiger partial charge in [-0.15, -0.1) is 0 Å². The van der Waals surface area contributed by atoms with Crippen molar-refractivity contribution in [2.24, 2.45) is 0 Å². The fraction of sp³-hybridized carbons (Fsp3) is 0.667. The zero-order valence-electron chi connectivity index (χ0n) is 5.99. The Bertz CT molecular complexity index is 276. The Balaban J connectivity index is 0. The van der Waals surface area contributed by atoms with Gasteiger partial charge in [-0.2, -0.15) is 17.2 Å². The van der Waals surface area contributed by atoms with Crippen molar-refractivity contribution in [3.05, 3.63) is 0 Å². The molecule has 0 heterocycles. The highest BCUT2D eigenvalue weighted by Crippen LogP contribution is 2.22. The summed E-state index contributed by atoms with van der Waals surface area (Å²) in [4.78, 5) is 9.23. The van der Waals surface area contributed by atoms with E-state index in [1.54, 1.807) is 0 Å². The van der Waals surface area contributed by atoms with Crippen LogP contribution in [0.2, 0.25) is 0 Å². The van der Waals surface area contributed by atoms with Gasteiger partial charge in [-0.3, -0.25) is 4.55 Å². The van der Waals surface area contributed by atoms with E-state index in [4.69, 9.17) is 18.1 Å². The molecule has 0 aromatic carbocycles. The summed E-state index contributed by atoms with van der Waals surface area (Å²) in [7, 11) is -5.17. The molecule has 86 valence electrons. The molecule has 0 spiro atoms. The molecule has 0 aliphatic rings. The predicted molar refractivity (Wildman–Crippen MR) is 31.2 cm³/mol. The Morgan fingerprint density at radius 2 is 1.50 bits per heavy atom. The molecule has 11 heteroatoms. The molecule has 2 N–H and O–H groups in total. The fourth-order valence-electron chi connectivity index (χ4n) is 0.0933. The zero-order valence-corrected chi connectivity index (χ0v) is 6.81. The normalized spacial score (nSPS) is 11.9. The van der Waals surface area contributed by atoms with E-state index in [-0.39, 0.29) is 0 Å². The lowest BCUT2D eigenvalue weighted by atomic mass is 10.4. The van der Waals surface area contributed by atoms with Crippen molar-refractivity contribution in [2.75, 3.05) is 0 Å². The Labute approximate surface area is 74.2 Å². The molecule has 0 aliphatic heterocycles. The average molecular weight is 246 g/mol. The molecule has 0 saturated heterocycles. The highest BCUT2D eigenvalue weighted by Gasteiger charge is 2.49. The van der Waals surface area contributed by atoms with Crippen LogP contribution in [0.25, 0.3) is 0 Å². The number of carbonyl (C=O) groups is 1.